The van der Waals surface area contributed by atoms with Gasteiger partial charge in [0.05, 0.1) is 12.4 Å². The maximum absolute atomic E-state index is 11.6. The third kappa shape index (κ3) is 2.37. The Hall–Kier alpha value is -1.90. The quantitative estimate of drug-likeness (QED) is 0.782. The van der Waals surface area contributed by atoms with Crippen LogP contribution in [-0.2, 0) is 11.2 Å². The van der Waals surface area contributed by atoms with Crippen molar-refractivity contribution in [2.45, 2.75) is 19.4 Å². The molecule has 82 valence electrons. The number of rotatable bonds is 4. The van der Waals surface area contributed by atoms with E-state index in [1.807, 2.05) is 41.1 Å². The molecule has 0 bridgehead atoms. The van der Waals surface area contributed by atoms with Gasteiger partial charge < -0.3 is 4.57 Å². The summed E-state index contributed by atoms with van der Waals surface area (Å²) < 4.78 is 1.86. The predicted octanol–water partition coefficient (Wildman–Crippen LogP) is 2.26. The van der Waals surface area contributed by atoms with E-state index in [9.17, 15) is 4.79 Å². The summed E-state index contributed by atoms with van der Waals surface area (Å²) in [5.74, 6) is 0.154. The molecule has 0 spiro atoms. The van der Waals surface area contributed by atoms with Crippen molar-refractivity contribution < 1.29 is 4.79 Å². The Labute approximate surface area is 94.7 Å². The van der Waals surface area contributed by atoms with E-state index in [1.54, 1.807) is 19.4 Å². The van der Waals surface area contributed by atoms with Gasteiger partial charge in [-0.15, -0.1) is 0 Å². The second-order valence-corrected chi connectivity index (χ2v) is 3.83. The van der Waals surface area contributed by atoms with Crippen molar-refractivity contribution in [2.24, 2.45) is 0 Å². The van der Waals surface area contributed by atoms with Crippen LogP contribution in [-0.4, -0.2) is 15.3 Å². The summed E-state index contributed by atoms with van der Waals surface area (Å²) in [5.41, 5.74) is 1.16. The highest BCUT2D eigenvalue weighted by Crippen LogP contribution is 2.14. The Kier molecular flexibility index (Phi) is 3.15. The van der Waals surface area contributed by atoms with Crippen molar-refractivity contribution in [1.82, 2.24) is 9.55 Å². The van der Waals surface area contributed by atoms with Gasteiger partial charge in [0.1, 0.15) is 0 Å². The van der Waals surface area contributed by atoms with E-state index < -0.39 is 0 Å². The fourth-order valence-electron chi connectivity index (χ4n) is 1.75. The molecule has 0 aliphatic carbocycles. The number of Topliss-reactive ketones (excluding diaryl/α,β-unsaturated/α-hetero) is 1. The fourth-order valence-corrected chi connectivity index (χ4v) is 1.75. The van der Waals surface area contributed by atoms with Gasteiger partial charge in [0.15, 0.2) is 5.78 Å². The second kappa shape index (κ2) is 4.75. The zero-order valence-corrected chi connectivity index (χ0v) is 9.21. The summed E-state index contributed by atoms with van der Waals surface area (Å²) in [4.78, 5) is 15.6. The highest BCUT2D eigenvalue weighted by atomic mass is 16.1. The number of nitrogens with zero attached hydrogens (tertiary/aromatic N) is 2. The number of hydrogen-bond donors (Lipinski definition) is 0. The van der Waals surface area contributed by atoms with Crippen molar-refractivity contribution >= 4 is 5.78 Å². The molecule has 1 atom stereocenters. The number of imidazole rings is 1. The first-order valence-electron chi connectivity index (χ1n) is 5.29. The molecule has 1 aromatic heterocycles. The van der Waals surface area contributed by atoms with Gasteiger partial charge in [-0.25, -0.2) is 4.98 Å². The first kappa shape index (κ1) is 10.6. The minimum Gasteiger partial charge on any atom is -0.327 e. The van der Waals surface area contributed by atoms with Crippen LogP contribution in [0.15, 0.2) is 49.1 Å². The zero-order chi connectivity index (χ0) is 11.4. The van der Waals surface area contributed by atoms with Gasteiger partial charge in [-0.2, -0.15) is 0 Å². The molecular weight excluding hydrogens is 200 g/mol. The van der Waals surface area contributed by atoms with Crippen LogP contribution >= 0.6 is 0 Å². The van der Waals surface area contributed by atoms with Gasteiger partial charge in [0.2, 0.25) is 0 Å². The molecule has 0 aliphatic rings. The van der Waals surface area contributed by atoms with E-state index in [4.69, 9.17) is 0 Å². The van der Waals surface area contributed by atoms with Crippen molar-refractivity contribution in [3.05, 3.63) is 54.6 Å². The predicted molar refractivity (Wildman–Crippen MR) is 62.1 cm³/mol. The summed E-state index contributed by atoms with van der Waals surface area (Å²) in [6.07, 6.45) is 5.93. The van der Waals surface area contributed by atoms with Crippen LogP contribution in [0, 0.1) is 0 Å². The molecule has 0 radical (unpaired) electrons. The number of aromatic nitrogens is 2. The largest absolute Gasteiger partial charge is 0.327 e. The smallest absolute Gasteiger partial charge is 0.152 e. The summed E-state index contributed by atoms with van der Waals surface area (Å²) in [6, 6.07) is 9.87. The molecule has 2 aromatic rings. The number of ketones is 1. The monoisotopic (exact) mass is 214 g/mol. The third-order valence-corrected chi connectivity index (χ3v) is 2.63. The molecule has 0 unspecified atom stereocenters. The topological polar surface area (TPSA) is 34.9 Å². The maximum atomic E-state index is 11.6. The minimum absolute atomic E-state index is 0.148. The second-order valence-electron chi connectivity index (χ2n) is 3.83. The van der Waals surface area contributed by atoms with Crippen LogP contribution in [0.2, 0.25) is 0 Å². The normalized spacial score (nSPS) is 12.3. The summed E-state index contributed by atoms with van der Waals surface area (Å²) in [5, 5.41) is 0. The molecule has 0 fully saturated rings. The standard InChI is InChI=1S/C13H14N2O/c1-11(16)13(15-8-7-14-10-15)9-12-5-3-2-4-6-12/h2-8,10,13H,9H2,1H3/t13-/m0/s1. The number of carbonyl (C=O) groups excluding carboxylic acids is 1. The lowest BCUT2D eigenvalue weighted by Gasteiger charge is -2.15. The summed E-state index contributed by atoms with van der Waals surface area (Å²) in [7, 11) is 0. The number of benzene rings is 1. The molecule has 2 rings (SSSR count). The average molecular weight is 214 g/mol. The van der Waals surface area contributed by atoms with E-state index in [1.165, 1.54) is 0 Å². The SMILES string of the molecule is CC(=O)[C@H](Cc1ccccc1)n1ccnc1. The first-order chi connectivity index (χ1) is 7.77. The van der Waals surface area contributed by atoms with E-state index in [0.717, 1.165) is 5.56 Å². The molecule has 16 heavy (non-hydrogen) atoms. The van der Waals surface area contributed by atoms with Crippen molar-refractivity contribution in [3.8, 4) is 0 Å². The van der Waals surface area contributed by atoms with Crippen LogP contribution < -0.4 is 0 Å². The Bertz CT molecular complexity index is 448. The molecule has 3 nitrogen and oxygen atoms in total. The van der Waals surface area contributed by atoms with Crippen LogP contribution in [0.25, 0.3) is 0 Å². The van der Waals surface area contributed by atoms with E-state index in [-0.39, 0.29) is 11.8 Å². The van der Waals surface area contributed by atoms with Gasteiger partial charge in [0.25, 0.3) is 0 Å². The lowest BCUT2D eigenvalue weighted by molar-refractivity contribution is -0.120. The Balaban J connectivity index is 2.19. The van der Waals surface area contributed by atoms with Crippen LogP contribution in [0.4, 0.5) is 0 Å². The molecule has 0 saturated carbocycles. The molecule has 0 saturated heterocycles. The van der Waals surface area contributed by atoms with E-state index in [2.05, 4.69) is 4.98 Å². The first-order valence-corrected chi connectivity index (χ1v) is 5.29. The van der Waals surface area contributed by atoms with Crippen LogP contribution in [0.3, 0.4) is 0 Å². The van der Waals surface area contributed by atoms with Crippen LogP contribution in [0.1, 0.15) is 18.5 Å². The van der Waals surface area contributed by atoms with E-state index >= 15 is 0 Å². The summed E-state index contributed by atoms with van der Waals surface area (Å²) in [6.45, 7) is 1.62. The zero-order valence-electron chi connectivity index (χ0n) is 9.21. The third-order valence-electron chi connectivity index (χ3n) is 2.63. The average Bonchev–Trinajstić information content (AvgIpc) is 2.80. The fraction of sp³-hybridized carbons (Fsp3) is 0.231. The molecule has 1 heterocycles. The van der Waals surface area contributed by atoms with Gasteiger partial charge in [-0.1, -0.05) is 30.3 Å². The molecule has 0 N–H and O–H groups in total. The number of carbonyl (C=O) groups is 1. The Morgan fingerprint density at radius 1 is 1.38 bits per heavy atom. The molecule has 3 heteroatoms. The highest BCUT2D eigenvalue weighted by molar-refractivity contribution is 5.80. The van der Waals surface area contributed by atoms with Gasteiger partial charge in [-0.3, -0.25) is 4.79 Å². The van der Waals surface area contributed by atoms with Gasteiger partial charge in [0, 0.05) is 18.8 Å². The van der Waals surface area contributed by atoms with Crippen LogP contribution in [0.5, 0.6) is 0 Å². The van der Waals surface area contributed by atoms with Gasteiger partial charge in [-0.05, 0) is 12.5 Å². The maximum Gasteiger partial charge on any atom is 0.152 e. The lowest BCUT2D eigenvalue weighted by Crippen LogP contribution is -2.18. The van der Waals surface area contributed by atoms with Gasteiger partial charge >= 0.3 is 0 Å². The van der Waals surface area contributed by atoms with Crippen molar-refractivity contribution in [2.75, 3.05) is 0 Å². The lowest BCUT2D eigenvalue weighted by atomic mass is 10.0. The molecular formula is C13H14N2O. The number of hydrogen-bond acceptors (Lipinski definition) is 2. The summed E-state index contributed by atoms with van der Waals surface area (Å²) >= 11 is 0. The van der Waals surface area contributed by atoms with Crippen molar-refractivity contribution in [3.63, 3.8) is 0 Å². The van der Waals surface area contributed by atoms with Crippen molar-refractivity contribution in [1.29, 1.82) is 0 Å². The van der Waals surface area contributed by atoms with E-state index in [0.29, 0.717) is 6.42 Å². The molecule has 0 aliphatic heterocycles. The Morgan fingerprint density at radius 3 is 2.69 bits per heavy atom. The highest BCUT2D eigenvalue weighted by Gasteiger charge is 2.15. The Morgan fingerprint density at radius 2 is 2.12 bits per heavy atom. The molecule has 0 amide bonds. The minimum atomic E-state index is -0.148. The molecule has 1 aromatic carbocycles.